The van der Waals surface area contributed by atoms with Crippen LogP contribution in [0.15, 0.2) is 213 Å². The average molecular weight is 738 g/mol. The third kappa shape index (κ3) is 5.80. The summed E-state index contributed by atoms with van der Waals surface area (Å²) >= 11 is 0. The summed E-state index contributed by atoms with van der Waals surface area (Å²) in [6.07, 6.45) is 3.63. The molecule has 0 saturated carbocycles. The lowest BCUT2D eigenvalue weighted by Gasteiger charge is -2.13. The molecule has 270 valence electrons. The Morgan fingerprint density at radius 3 is 1.22 bits per heavy atom. The molecule has 11 rings (SSSR count). The maximum Gasteiger partial charge on any atom is 0.160 e. The van der Waals surface area contributed by atoms with E-state index in [1.165, 1.54) is 64.8 Å². The van der Waals surface area contributed by atoms with Crippen LogP contribution in [0.3, 0.4) is 0 Å². The summed E-state index contributed by atoms with van der Waals surface area (Å²) in [4.78, 5) is 14.8. The summed E-state index contributed by atoms with van der Waals surface area (Å²) in [5.74, 6) is 0.671. The van der Waals surface area contributed by atoms with Crippen LogP contribution in [-0.4, -0.2) is 15.0 Å². The standard InChI is InChI=1S/C55H35N3/c1-2-14-41-36(12-1)13-11-23-42(41)37-24-26-39(27-25-37)55-57-53(38-30-32-56-33-31-38)35-54(58-55)40-28-29-51-49-21-8-7-19-47(49)45-17-4-3-15-43(45)44-16-5-6-18-46(44)48-20-9-10-22-50(48)52(51)34-40/h1-35H. The van der Waals surface area contributed by atoms with Gasteiger partial charge >= 0.3 is 0 Å². The second-order valence-corrected chi connectivity index (χ2v) is 14.7. The quantitative estimate of drug-likeness (QED) is 0.181. The summed E-state index contributed by atoms with van der Waals surface area (Å²) < 4.78 is 0. The minimum Gasteiger partial charge on any atom is -0.265 e. The molecule has 0 radical (unpaired) electrons. The molecule has 2 heterocycles. The predicted molar refractivity (Wildman–Crippen MR) is 244 cm³/mol. The van der Waals surface area contributed by atoms with E-state index in [0.29, 0.717) is 5.82 Å². The van der Waals surface area contributed by atoms with Gasteiger partial charge in [-0.15, -0.1) is 0 Å². The highest BCUT2D eigenvalue weighted by atomic mass is 14.9. The molecule has 3 nitrogen and oxygen atoms in total. The van der Waals surface area contributed by atoms with Crippen molar-refractivity contribution in [2.45, 2.75) is 0 Å². The molecule has 0 amide bonds. The number of benzene rings is 8. The molecule has 0 atom stereocenters. The number of fused-ring (bicyclic) bond motifs is 11. The van der Waals surface area contributed by atoms with E-state index in [1.807, 2.05) is 24.5 Å². The molecule has 0 N–H and O–H groups in total. The first-order valence-electron chi connectivity index (χ1n) is 19.7. The second kappa shape index (κ2) is 14.1. The van der Waals surface area contributed by atoms with E-state index in [9.17, 15) is 0 Å². The van der Waals surface area contributed by atoms with Crippen LogP contribution in [0.2, 0.25) is 0 Å². The highest BCUT2D eigenvalue weighted by molar-refractivity contribution is 6.26. The Hall–Kier alpha value is -7.75. The molecular formula is C55H35N3. The van der Waals surface area contributed by atoms with E-state index in [-0.39, 0.29) is 0 Å². The number of nitrogens with zero attached hydrogens (tertiary/aromatic N) is 3. The molecule has 0 unspecified atom stereocenters. The van der Waals surface area contributed by atoms with Crippen molar-refractivity contribution in [1.29, 1.82) is 0 Å². The Labute approximate surface area is 335 Å². The van der Waals surface area contributed by atoms with Gasteiger partial charge in [-0.3, -0.25) is 4.98 Å². The highest BCUT2D eigenvalue weighted by Crippen LogP contribution is 2.38. The van der Waals surface area contributed by atoms with E-state index in [0.717, 1.165) is 39.0 Å². The van der Waals surface area contributed by atoms with Gasteiger partial charge in [-0.05, 0) is 100 Å². The van der Waals surface area contributed by atoms with Crippen molar-refractivity contribution in [3.05, 3.63) is 213 Å². The van der Waals surface area contributed by atoms with Gasteiger partial charge in [-0.25, -0.2) is 9.97 Å². The van der Waals surface area contributed by atoms with Gasteiger partial charge in [-0.2, -0.15) is 0 Å². The number of pyridine rings is 1. The molecular weight excluding hydrogens is 703 g/mol. The van der Waals surface area contributed by atoms with Crippen LogP contribution in [0.1, 0.15) is 0 Å². The first-order valence-corrected chi connectivity index (χ1v) is 19.7. The van der Waals surface area contributed by atoms with Crippen LogP contribution >= 0.6 is 0 Å². The van der Waals surface area contributed by atoms with Crippen molar-refractivity contribution in [3.8, 4) is 45.0 Å². The molecule has 0 spiro atoms. The molecule has 2 aromatic heterocycles. The average Bonchev–Trinajstić information content (AvgIpc) is 3.31. The molecule has 0 aliphatic carbocycles. The van der Waals surface area contributed by atoms with E-state index in [2.05, 4.69) is 193 Å². The molecule has 0 bridgehead atoms. The Morgan fingerprint density at radius 1 is 0.259 bits per heavy atom. The largest absolute Gasteiger partial charge is 0.265 e. The van der Waals surface area contributed by atoms with Crippen LogP contribution < -0.4 is 0 Å². The summed E-state index contributed by atoms with van der Waals surface area (Å²) in [6, 6.07) is 71.8. The SMILES string of the molecule is c1ccc2c(-c3ccc(-c4nc(-c5ccncc5)cc(-c5ccc6c7ccccc7c7ccccc7c7ccccc7c7ccccc7c6c5)n4)cc3)cccc2c1. The zero-order chi connectivity index (χ0) is 38.4. The summed E-state index contributed by atoms with van der Waals surface area (Å²) in [6.45, 7) is 0. The van der Waals surface area contributed by atoms with Gasteiger partial charge < -0.3 is 0 Å². The molecule has 0 aliphatic rings. The predicted octanol–water partition coefficient (Wildman–Crippen LogP) is 14.6. The molecule has 0 fully saturated rings. The lowest BCUT2D eigenvalue weighted by molar-refractivity contribution is 1.18. The smallest absolute Gasteiger partial charge is 0.160 e. The van der Waals surface area contributed by atoms with Crippen molar-refractivity contribution in [1.82, 2.24) is 15.0 Å². The lowest BCUT2D eigenvalue weighted by Crippen LogP contribution is -1.96. The molecule has 9 aromatic carbocycles. The van der Waals surface area contributed by atoms with Gasteiger partial charge in [0.05, 0.1) is 11.4 Å². The molecule has 0 saturated heterocycles. The molecule has 0 aliphatic heterocycles. The van der Waals surface area contributed by atoms with Gasteiger partial charge in [0.2, 0.25) is 0 Å². The van der Waals surface area contributed by atoms with Gasteiger partial charge in [-0.1, -0.05) is 176 Å². The third-order valence-corrected chi connectivity index (χ3v) is 11.4. The van der Waals surface area contributed by atoms with Crippen molar-refractivity contribution in [2.24, 2.45) is 0 Å². The fourth-order valence-corrected chi connectivity index (χ4v) is 8.64. The first kappa shape index (κ1) is 33.6. The lowest BCUT2D eigenvalue weighted by atomic mass is 9.93. The fraction of sp³-hybridized carbons (Fsp3) is 0. The van der Waals surface area contributed by atoms with Crippen molar-refractivity contribution >= 4 is 64.6 Å². The maximum atomic E-state index is 5.32. The van der Waals surface area contributed by atoms with Crippen LogP contribution in [0.25, 0.3) is 110 Å². The Bertz CT molecular complexity index is 3360. The number of rotatable bonds is 4. The van der Waals surface area contributed by atoms with Crippen molar-refractivity contribution in [2.75, 3.05) is 0 Å². The van der Waals surface area contributed by atoms with Gasteiger partial charge in [0.25, 0.3) is 0 Å². The minimum atomic E-state index is 0.671. The Balaban J connectivity index is 1.17. The second-order valence-electron chi connectivity index (χ2n) is 14.7. The normalized spacial score (nSPS) is 11.4. The van der Waals surface area contributed by atoms with Crippen molar-refractivity contribution < 1.29 is 0 Å². The van der Waals surface area contributed by atoms with E-state index in [1.54, 1.807) is 0 Å². The van der Waals surface area contributed by atoms with Crippen LogP contribution in [0, 0.1) is 0 Å². The Morgan fingerprint density at radius 2 is 0.672 bits per heavy atom. The van der Waals surface area contributed by atoms with Gasteiger partial charge in [0.15, 0.2) is 5.82 Å². The summed E-state index contributed by atoms with van der Waals surface area (Å²) in [5, 5.41) is 14.4. The number of hydrogen-bond donors (Lipinski definition) is 0. The van der Waals surface area contributed by atoms with Crippen LogP contribution in [0.5, 0.6) is 0 Å². The van der Waals surface area contributed by atoms with E-state index >= 15 is 0 Å². The molecule has 58 heavy (non-hydrogen) atoms. The summed E-state index contributed by atoms with van der Waals surface area (Å²) in [7, 11) is 0. The third-order valence-electron chi connectivity index (χ3n) is 11.4. The first-order chi connectivity index (χ1) is 28.8. The zero-order valence-corrected chi connectivity index (χ0v) is 31.5. The van der Waals surface area contributed by atoms with Gasteiger partial charge in [0, 0.05) is 29.1 Å². The maximum absolute atomic E-state index is 5.32. The molecule has 3 heteroatoms. The van der Waals surface area contributed by atoms with Crippen LogP contribution in [0.4, 0.5) is 0 Å². The highest BCUT2D eigenvalue weighted by Gasteiger charge is 2.14. The Kier molecular flexibility index (Phi) is 8.15. The fourth-order valence-electron chi connectivity index (χ4n) is 8.64. The summed E-state index contributed by atoms with van der Waals surface area (Å²) in [5.41, 5.74) is 7.02. The van der Waals surface area contributed by atoms with Crippen molar-refractivity contribution in [3.63, 3.8) is 0 Å². The van der Waals surface area contributed by atoms with Crippen LogP contribution in [-0.2, 0) is 0 Å². The van der Waals surface area contributed by atoms with E-state index in [4.69, 9.17) is 9.97 Å². The topological polar surface area (TPSA) is 38.7 Å². The van der Waals surface area contributed by atoms with E-state index < -0.39 is 0 Å². The number of hydrogen-bond acceptors (Lipinski definition) is 3. The monoisotopic (exact) mass is 737 g/mol. The zero-order valence-electron chi connectivity index (χ0n) is 31.5. The minimum absolute atomic E-state index is 0.671. The number of aromatic nitrogens is 3. The molecule has 11 aromatic rings. The van der Waals surface area contributed by atoms with Gasteiger partial charge in [0.1, 0.15) is 0 Å².